The number of nitrogens with zero attached hydrogens (tertiary/aromatic N) is 2. The fraction of sp³-hybridized carbons (Fsp3) is 0.625. The Kier molecular flexibility index (Phi) is 4.83. The second-order valence-electron chi connectivity index (χ2n) is 6.05. The largest absolute Gasteiger partial charge is 0.365 e. The number of carbonyl (C=O) groups is 1. The number of aryl methyl sites for hydroxylation is 2. The molecule has 2 rings (SSSR count). The molecule has 1 aromatic rings. The molecule has 1 amide bonds. The third kappa shape index (κ3) is 3.35. The molecule has 116 valence electrons. The van der Waals surface area contributed by atoms with Crippen LogP contribution in [0.1, 0.15) is 47.3 Å². The predicted molar refractivity (Wildman–Crippen MR) is 85.7 cm³/mol. The first kappa shape index (κ1) is 15.8. The Labute approximate surface area is 126 Å². The number of rotatable bonds is 4. The minimum absolute atomic E-state index is 0.397. The van der Waals surface area contributed by atoms with Gasteiger partial charge in [0.05, 0.1) is 5.56 Å². The van der Waals surface area contributed by atoms with Gasteiger partial charge in [0.2, 0.25) is 0 Å². The van der Waals surface area contributed by atoms with Gasteiger partial charge in [-0.25, -0.2) is 4.98 Å². The number of anilines is 1. The highest BCUT2D eigenvalue weighted by atomic mass is 16.1. The van der Waals surface area contributed by atoms with E-state index < -0.39 is 5.91 Å². The maximum Gasteiger partial charge on any atom is 0.252 e. The summed E-state index contributed by atoms with van der Waals surface area (Å²) in [5, 5.41) is 3.34. The van der Waals surface area contributed by atoms with E-state index in [1.807, 2.05) is 34.0 Å². The number of nitrogens with two attached hydrogens (primary N) is 1. The Hall–Kier alpha value is -1.62. The van der Waals surface area contributed by atoms with Crippen molar-refractivity contribution in [3.05, 3.63) is 22.9 Å². The van der Waals surface area contributed by atoms with Crippen LogP contribution in [-0.2, 0) is 0 Å². The fourth-order valence-corrected chi connectivity index (χ4v) is 3.30. The van der Waals surface area contributed by atoms with Crippen LogP contribution in [0.5, 0.6) is 0 Å². The number of primary amides is 1. The average Bonchev–Trinajstić information content (AvgIpc) is 2.45. The third-order valence-corrected chi connectivity index (χ3v) is 4.56. The molecule has 0 spiro atoms. The molecule has 0 aromatic carbocycles. The van der Waals surface area contributed by atoms with Crippen molar-refractivity contribution in [3.8, 4) is 0 Å². The minimum Gasteiger partial charge on any atom is -0.365 e. The maximum absolute atomic E-state index is 11.8. The van der Waals surface area contributed by atoms with E-state index in [0.717, 1.165) is 42.8 Å². The monoisotopic (exact) mass is 290 g/mol. The fourth-order valence-electron chi connectivity index (χ4n) is 3.30. The van der Waals surface area contributed by atoms with Gasteiger partial charge in [-0.05, 0) is 58.2 Å². The molecule has 1 aliphatic rings. The second kappa shape index (κ2) is 6.43. The van der Waals surface area contributed by atoms with Gasteiger partial charge < -0.3 is 16.0 Å². The van der Waals surface area contributed by atoms with E-state index in [9.17, 15) is 4.79 Å². The van der Waals surface area contributed by atoms with Gasteiger partial charge in [-0.1, -0.05) is 0 Å². The number of carbonyl (C=O) groups excluding carboxylic acids is 1. The van der Waals surface area contributed by atoms with Crippen LogP contribution in [0.2, 0.25) is 0 Å². The maximum atomic E-state index is 11.8. The van der Waals surface area contributed by atoms with Gasteiger partial charge in [-0.3, -0.25) is 4.79 Å². The first-order valence-corrected chi connectivity index (χ1v) is 7.62. The van der Waals surface area contributed by atoms with Gasteiger partial charge in [0.25, 0.3) is 5.91 Å². The Morgan fingerprint density at radius 1 is 1.33 bits per heavy atom. The van der Waals surface area contributed by atoms with Crippen LogP contribution in [0.4, 0.5) is 5.82 Å². The molecular weight excluding hydrogens is 264 g/mol. The first-order valence-electron chi connectivity index (χ1n) is 7.62. The van der Waals surface area contributed by atoms with Gasteiger partial charge in [0.1, 0.15) is 5.82 Å². The molecule has 1 saturated carbocycles. The third-order valence-electron chi connectivity index (χ3n) is 4.56. The highest BCUT2D eigenvalue weighted by Gasteiger charge is 2.26. The Bertz CT molecular complexity index is 521. The van der Waals surface area contributed by atoms with Crippen molar-refractivity contribution in [2.45, 2.75) is 51.6 Å². The zero-order valence-corrected chi connectivity index (χ0v) is 13.4. The Balaban J connectivity index is 2.27. The first-order chi connectivity index (χ1) is 9.93. The number of aromatic nitrogens is 1. The normalized spacial score (nSPS) is 22.1. The van der Waals surface area contributed by atoms with Crippen molar-refractivity contribution in [2.75, 3.05) is 19.0 Å². The quantitative estimate of drug-likeness (QED) is 0.886. The zero-order chi connectivity index (χ0) is 15.6. The van der Waals surface area contributed by atoms with Crippen molar-refractivity contribution in [1.29, 1.82) is 0 Å². The summed E-state index contributed by atoms with van der Waals surface area (Å²) in [6.07, 6.45) is 4.52. The number of amides is 1. The summed E-state index contributed by atoms with van der Waals surface area (Å²) in [5.74, 6) is 0.332. The lowest BCUT2D eigenvalue weighted by molar-refractivity contribution is 0.0999. The van der Waals surface area contributed by atoms with Gasteiger partial charge in [0.15, 0.2) is 0 Å². The molecular formula is C16H26N4O. The Morgan fingerprint density at radius 3 is 2.48 bits per heavy atom. The summed E-state index contributed by atoms with van der Waals surface area (Å²) < 4.78 is 0. The lowest BCUT2D eigenvalue weighted by Gasteiger charge is -2.36. The van der Waals surface area contributed by atoms with E-state index in [2.05, 4.69) is 15.2 Å². The number of nitrogens with one attached hydrogen (secondary N) is 1. The van der Waals surface area contributed by atoms with E-state index in [1.165, 1.54) is 0 Å². The molecule has 5 nitrogen and oxygen atoms in total. The van der Waals surface area contributed by atoms with Crippen molar-refractivity contribution in [1.82, 2.24) is 10.3 Å². The van der Waals surface area contributed by atoms with Crippen LogP contribution < -0.4 is 16.0 Å². The second-order valence-corrected chi connectivity index (χ2v) is 6.05. The van der Waals surface area contributed by atoms with Crippen LogP contribution in [-0.4, -0.2) is 37.1 Å². The molecule has 3 N–H and O–H groups in total. The van der Waals surface area contributed by atoms with E-state index in [4.69, 9.17) is 5.73 Å². The standard InChI is InChI=1S/C16H26N4O/c1-10-9-11(2)19-16(14(10)15(17)21)20(4)13-7-5-12(18-3)6-8-13/h9,12-13,18H,5-8H2,1-4H3,(H2,17,21). The molecule has 0 bridgehead atoms. The van der Waals surface area contributed by atoms with Gasteiger partial charge in [0, 0.05) is 24.8 Å². The lowest BCUT2D eigenvalue weighted by Crippen LogP contribution is -2.41. The topological polar surface area (TPSA) is 71.2 Å². The van der Waals surface area contributed by atoms with Gasteiger partial charge >= 0.3 is 0 Å². The molecule has 0 saturated heterocycles. The van der Waals surface area contributed by atoms with Crippen LogP contribution in [0.15, 0.2) is 6.07 Å². The summed E-state index contributed by atoms with van der Waals surface area (Å²) in [5.41, 5.74) is 7.94. The molecule has 0 aliphatic heterocycles. The van der Waals surface area contributed by atoms with E-state index in [1.54, 1.807) is 0 Å². The predicted octanol–water partition coefficient (Wildman–Crippen LogP) is 1.76. The highest BCUT2D eigenvalue weighted by Crippen LogP contribution is 2.29. The summed E-state index contributed by atoms with van der Waals surface area (Å²) in [4.78, 5) is 18.5. The summed E-state index contributed by atoms with van der Waals surface area (Å²) >= 11 is 0. The zero-order valence-electron chi connectivity index (χ0n) is 13.4. The molecule has 21 heavy (non-hydrogen) atoms. The molecule has 0 atom stereocenters. The van der Waals surface area contributed by atoms with Gasteiger partial charge in [-0.2, -0.15) is 0 Å². The average molecular weight is 290 g/mol. The van der Waals surface area contributed by atoms with Crippen LogP contribution in [0.25, 0.3) is 0 Å². The van der Waals surface area contributed by atoms with Crippen LogP contribution in [0.3, 0.4) is 0 Å². The number of pyridine rings is 1. The molecule has 1 aromatic heterocycles. The van der Waals surface area contributed by atoms with E-state index in [-0.39, 0.29) is 0 Å². The summed E-state index contributed by atoms with van der Waals surface area (Å²) in [7, 11) is 4.05. The smallest absolute Gasteiger partial charge is 0.252 e. The Morgan fingerprint density at radius 2 is 1.95 bits per heavy atom. The highest BCUT2D eigenvalue weighted by molar-refractivity contribution is 5.99. The molecule has 1 heterocycles. The SMILES string of the molecule is CNC1CCC(N(C)c2nc(C)cc(C)c2C(N)=O)CC1. The number of hydrogen-bond acceptors (Lipinski definition) is 4. The molecule has 1 aliphatic carbocycles. The van der Waals surface area contributed by atoms with Crippen molar-refractivity contribution < 1.29 is 4.79 Å². The number of hydrogen-bond donors (Lipinski definition) is 2. The summed E-state index contributed by atoms with van der Waals surface area (Å²) in [6.45, 7) is 3.87. The van der Waals surface area contributed by atoms with Crippen LogP contribution >= 0.6 is 0 Å². The lowest BCUT2D eigenvalue weighted by atomic mass is 9.90. The van der Waals surface area contributed by atoms with Crippen molar-refractivity contribution in [2.24, 2.45) is 5.73 Å². The molecule has 1 fully saturated rings. The van der Waals surface area contributed by atoms with Crippen molar-refractivity contribution in [3.63, 3.8) is 0 Å². The van der Waals surface area contributed by atoms with Crippen molar-refractivity contribution >= 4 is 11.7 Å². The molecule has 0 radical (unpaired) electrons. The van der Waals surface area contributed by atoms with Gasteiger partial charge in [-0.15, -0.1) is 0 Å². The minimum atomic E-state index is -0.397. The van der Waals surface area contributed by atoms with E-state index in [0.29, 0.717) is 17.6 Å². The molecule has 0 unspecified atom stereocenters. The molecule has 5 heteroatoms. The van der Waals surface area contributed by atoms with E-state index >= 15 is 0 Å². The summed E-state index contributed by atoms with van der Waals surface area (Å²) in [6, 6.07) is 2.94. The van der Waals surface area contributed by atoms with Crippen LogP contribution in [0, 0.1) is 13.8 Å².